The lowest BCUT2D eigenvalue weighted by Gasteiger charge is -2.36. The molecular weight excluding hydrogens is 340 g/mol. The maximum Gasteiger partial charge on any atom is 0.341 e. The molecule has 1 atom stereocenters. The van der Waals surface area contributed by atoms with Crippen LogP contribution in [-0.2, 0) is 6.54 Å². The van der Waals surface area contributed by atoms with Crippen molar-refractivity contribution in [2.45, 2.75) is 26.6 Å². The van der Waals surface area contributed by atoms with Gasteiger partial charge in [-0.1, -0.05) is 13.8 Å². The number of carboxylic acid groups (broad SMARTS) is 1. The van der Waals surface area contributed by atoms with Gasteiger partial charge in [-0.2, -0.15) is 0 Å². The molecule has 26 heavy (non-hydrogen) atoms. The number of carbonyl (C=O) groups excluding carboxylic acids is 1. The molecule has 1 amide bonds. The third kappa shape index (κ3) is 2.97. The first-order valence-electron chi connectivity index (χ1n) is 8.86. The number of nitrogens with zero attached hydrogens (tertiary/aromatic N) is 4. The number of aromatic hydroxyl groups is 1. The van der Waals surface area contributed by atoms with E-state index in [-0.39, 0.29) is 11.9 Å². The number of carbonyl (C=O) groups is 2. The number of aromatic nitrogens is 1. The van der Waals surface area contributed by atoms with Crippen molar-refractivity contribution in [3.05, 3.63) is 27.7 Å². The summed E-state index contributed by atoms with van der Waals surface area (Å²) in [5.74, 6) is -2.63. The summed E-state index contributed by atoms with van der Waals surface area (Å²) in [6.07, 6.45) is 0.963. The highest BCUT2D eigenvalue weighted by Crippen LogP contribution is 2.28. The third-order valence-corrected chi connectivity index (χ3v) is 5.32. The van der Waals surface area contributed by atoms with E-state index in [0.29, 0.717) is 19.6 Å². The van der Waals surface area contributed by atoms with Crippen LogP contribution in [-0.4, -0.2) is 86.8 Å². The molecule has 142 valence electrons. The maximum atomic E-state index is 12.8. The first-order chi connectivity index (χ1) is 12.4. The monoisotopic (exact) mass is 364 g/mol. The van der Waals surface area contributed by atoms with Crippen LogP contribution in [0, 0.1) is 0 Å². The summed E-state index contributed by atoms with van der Waals surface area (Å²) in [6, 6.07) is 0. The highest BCUT2D eigenvalue weighted by Gasteiger charge is 2.42. The molecule has 0 spiro atoms. The smallest absolute Gasteiger partial charge is 0.341 e. The minimum absolute atomic E-state index is 0.123. The Balaban J connectivity index is 1.89. The number of hydrogen-bond acceptors (Lipinski definition) is 6. The fraction of sp³-hybridized carbons (Fsp3) is 0.588. The number of amides is 1. The van der Waals surface area contributed by atoms with Crippen LogP contribution in [0.2, 0.25) is 0 Å². The van der Waals surface area contributed by atoms with Crippen molar-refractivity contribution in [2.75, 3.05) is 39.3 Å². The standard InChI is InChI=1S/C17H24N4O5/c1-3-18(4-2)5-6-19-7-8-21-12(19)10-20-9-11(17(25)26)14(22)15(23)13(20)16(21)24/h9,12,23H,3-8,10H2,1-2H3,(H,25,26). The molecule has 1 fully saturated rings. The second kappa shape index (κ2) is 7.08. The van der Waals surface area contributed by atoms with Crippen molar-refractivity contribution in [1.29, 1.82) is 0 Å². The van der Waals surface area contributed by atoms with Crippen LogP contribution >= 0.6 is 0 Å². The molecule has 0 saturated carbocycles. The first kappa shape index (κ1) is 18.4. The fourth-order valence-corrected chi connectivity index (χ4v) is 3.74. The molecule has 1 aromatic heterocycles. The number of aromatic carboxylic acids is 1. The Kier molecular flexibility index (Phi) is 5.01. The van der Waals surface area contributed by atoms with Gasteiger partial charge in [-0.3, -0.25) is 14.5 Å². The minimum atomic E-state index is -1.42. The Morgan fingerprint density at radius 3 is 2.58 bits per heavy atom. The van der Waals surface area contributed by atoms with Gasteiger partial charge in [0.15, 0.2) is 11.4 Å². The molecule has 1 unspecified atom stereocenters. The molecule has 1 aromatic rings. The lowest BCUT2D eigenvalue weighted by molar-refractivity contribution is 0.0487. The van der Waals surface area contributed by atoms with Gasteiger partial charge in [0.25, 0.3) is 5.91 Å². The van der Waals surface area contributed by atoms with Gasteiger partial charge >= 0.3 is 5.97 Å². The van der Waals surface area contributed by atoms with Gasteiger partial charge in [-0.15, -0.1) is 0 Å². The Hall–Kier alpha value is -2.39. The van der Waals surface area contributed by atoms with E-state index in [1.54, 1.807) is 4.90 Å². The topological polar surface area (TPSA) is 106 Å². The Labute approximate surface area is 151 Å². The van der Waals surface area contributed by atoms with E-state index in [0.717, 1.165) is 32.4 Å². The Morgan fingerprint density at radius 2 is 1.96 bits per heavy atom. The quantitative estimate of drug-likeness (QED) is 0.713. The SMILES string of the molecule is CCN(CC)CCN1CCN2C(=O)c3c(O)c(=O)c(C(=O)O)cn3CC12. The molecule has 1 saturated heterocycles. The minimum Gasteiger partial charge on any atom is -0.503 e. The van der Waals surface area contributed by atoms with Gasteiger partial charge in [0.1, 0.15) is 11.7 Å². The van der Waals surface area contributed by atoms with Crippen LogP contribution in [0.4, 0.5) is 0 Å². The molecule has 0 bridgehead atoms. The number of pyridine rings is 1. The van der Waals surface area contributed by atoms with E-state index >= 15 is 0 Å². The van der Waals surface area contributed by atoms with Gasteiger partial charge in [0.2, 0.25) is 5.43 Å². The van der Waals surface area contributed by atoms with Gasteiger partial charge in [-0.05, 0) is 13.1 Å². The normalized spacial score (nSPS) is 19.7. The number of hydrogen-bond donors (Lipinski definition) is 2. The molecule has 3 rings (SSSR count). The average molecular weight is 364 g/mol. The van der Waals surface area contributed by atoms with Gasteiger partial charge < -0.3 is 24.6 Å². The van der Waals surface area contributed by atoms with Crippen molar-refractivity contribution >= 4 is 11.9 Å². The van der Waals surface area contributed by atoms with Crippen LogP contribution in [0.3, 0.4) is 0 Å². The van der Waals surface area contributed by atoms with Crippen LogP contribution in [0.5, 0.6) is 5.75 Å². The average Bonchev–Trinajstić information content (AvgIpc) is 3.02. The van der Waals surface area contributed by atoms with E-state index in [9.17, 15) is 19.5 Å². The molecule has 2 aliphatic heterocycles. The van der Waals surface area contributed by atoms with Crippen molar-refractivity contribution in [3.63, 3.8) is 0 Å². The van der Waals surface area contributed by atoms with Crippen LogP contribution in [0.15, 0.2) is 11.0 Å². The zero-order chi connectivity index (χ0) is 19.0. The van der Waals surface area contributed by atoms with Gasteiger partial charge in [0, 0.05) is 32.4 Å². The summed E-state index contributed by atoms with van der Waals surface area (Å²) in [7, 11) is 0. The summed E-state index contributed by atoms with van der Waals surface area (Å²) in [5, 5.41) is 19.3. The van der Waals surface area contributed by atoms with E-state index in [1.165, 1.54) is 4.57 Å². The van der Waals surface area contributed by atoms with Crippen LogP contribution in [0.1, 0.15) is 34.7 Å². The van der Waals surface area contributed by atoms with Gasteiger partial charge in [0.05, 0.1) is 6.54 Å². The fourth-order valence-electron chi connectivity index (χ4n) is 3.74. The summed E-state index contributed by atoms with van der Waals surface area (Å²) >= 11 is 0. The van der Waals surface area contributed by atoms with Crippen LogP contribution < -0.4 is 5.43 Å². The first-order valence-corrected chi connectivity index (χ1v) is 8.86. The molecule has 3 heterocycles. The lowest BCUT2D eigenvalue weighted by atomic mass is 10.1. The number of likely N-dealkylation sites (N-methyl/N-ethyl adjacent to an activating group) is 1. The predicted molar refractivity (Wildman–Crippen MR) is 93.5 cm³/mol. The molecule has 0 aromatic carbocycles. The van der Waals surface area contributed by atoms with Crippen molar-refractivity contribution in [1.82, 2.24) is 19.3 Å². The summed E-state index contributed by atoms with van der Waals surface area (Å²) in [6.45, 7) is 9.36. The summed E-state index contributed by atoms with van der Waals surface area (Å²) in [5.41, 5.74) is -1.67. The summed E-state index contributed by atoms with van der Waals surface area (Å²) in [4.78, 5) is 42.1. The maximum absolute atomic E-state index is 12.8. The largest absolute Gasteiger partial charge is 0.503 e. The highest BCUT2D eigenvalue weighted by atomic mass is 16.4. The third-order valence-electron chi connectivity index (χ3n) is 5.32. The molecule has 0 radical (unpaired) electrons. The molecule has 0 aliphatic carbocycles. The number of fused-ring (bicyclic) bond motifs is 2. The van der Waals surface area contributed by atoms with Crippen molar-refractivity contribution in [3.8, 4) is 5.75 Å². The lowest BCUT2D eigenvalue weighted by Crippen LogP contribution is -2.51. The molecular formula is C17H24N4O5. The summed E-state index contributed by atoms with van der Waals surface area (Å²) < 4.78 is 1.40. The molecule has 2 N–H and O–H groups in total. The second-order valence-corrected chi connectivity index (χ2v) is 6.57. The zero-order valence-corrected chi connectivity index (χ0v) is 15.0. The number of carboxylic acids is 1. The van der Waals surface area contributed by atoms with Crippen LogP contribution in [0.25, 0.3) is 0 Å². The Bertz CT molecular complexity index is 786. The molecule has 2 aliphatic rings. The van der Waals surface area contributed by atoms with E-state index in [1.807, 2.05) is 0 Å². The second-order valence-electron chi connectivity index (χ2n) is 6.57. The van der Waals surface area contributed by atoms with Crippen molar-refractivity contribution < 1.29 is 19.8 Å². The zero-order valence-electron chi connectivity index (χ0n) is 15.0. The predicted octanol–water partition coefficient (Wildman–Crippen LogP) is -0.309. The Morgan fingerprint density at radius 1 is 1.27 bits per heavy atom. The number of rotatable bonds is 6. The van der Waals surface area contributed by atoms with E-state index < -0.39 is 28.6 Å². The van der Waals surface area contributed by atoms with E-state index in [4.69, 9.17) is 5.11 Å². The van der Waals surface area contributed by atoms with Gasteiger partial charge in [-0.25, -0.2) is 4.79 Å². The van der Waals surface area contributed by atoms with Crippen molar-refractivity contribution in [2.24, 2.45) is 0 Å². The molecule has 9 heteroatoms. The van der Waals surface area contributed by atoms with E-state index in [2.05, 4.69) is 23.6 Å². The highest BCUT2D eigenvalue weighted by molar-refractivity contribution is 5.97. The molecule has 9 nitrogen and oxygen atoms in total.